The van der Waals surface area contributed by atoms with E-state index in [9.17, 15) is 9.59 Å². The molecule has 0 bridgehead atoms. The Kier molecular flexibility index (Phi) is 6.20. The molecule has 5 nitrogen and oxygen atoms in total. The van der Waals surface area contributed by atoms with Gasteiger partial charge in [0, 0.05) is 6.42 Å². The van der Waals surface area contributed by atoms with Crippen molar-refractivity contribution >= 4 is 11.9 Å². The molecule has 0 amide bonds. The first-order chi connectivity index (χ1) is 9.75. The Morgan fingerprint density at radius 1 is 1.19 bits per heavy atom. The lowest BCUT2D eigenvalue weighted by molar-refractivity contribution is -0.197. The van der Waals surface area contributed by atoms with Crippen molar-refractivity contribution < 1.29 is 23.8 Å². The van der Waals surface area contributed by atoms with E-state index in [-0.39, 0.29) is 11.9 Å². The quantitative estimate of drug-likeness (QED) is 0.705. The van der Waals surface area contributed by atoms with Crippen LogP contribution < -0.4 is 0 Å². The predicted octanol–water partition coefficient (Wildman–Crippen LogP) is 3.06. The van der Waals surface area contributed by atoms with Crippen LogP contribution in [-0.2, 0) is 23.8 Å². The van der Waals surface area contributed by atoms with Crippen molar-refractivity contribution in [3.05, 3.63) is 0 Å². The molecule has 1 aliphatic heterocycles. The highest BCUT2D eigenvalue weighted by Gasteiger charge is 2.43. The molecular weight excluding hydrogens is 272 g/mol. The summed E-state index contributed by atoms with van der Waals surface area (Å²) in [6.07, 6.45) is 3.30. The summed E-state index contributed by atoms with van der Waals surface area (Å²) in [5.41, 5.74) is -1.45. The molecule has 0 aromatic heterocycles. The number of esters is 2. The third kappa shape index (κ3) is 4.70. The molecule has 0 spiro atoms. The average molecular weight is 300 g/mol. The maximum atomic E-state index is 12.4. The van der Waals surface area contributed by atoms with Gasteiger partial charge in [-0.15, -0.1) is 0 Å². The van der Waals surface area contributed by atoms with Gasteiger partial charge < -0.3 is 14.2 Å². The first-order valence-corrected chi connectivity index (χ1v) is 7.66. The second kappa shape index (κ2) is 7.25. The van der Waals surface area contributed by atoms with E-state index in [2.05, 4.69) is 0 Å². The zero-order valence-electron chi connectivity index (χ0n) is 13.9. The van der Waals surface area contributed by atoms with E-state index in [0.29, 0.717) is 19.4 Å². The molecule has 1 aliphatic rings. The molecule has 1 saturated heterocycles. The van der Waals surface area contributed by atoms with Gasteiger partial charge in [-0.2, -0.15) is 0 Å². The molecular formula is C16H28O5. The van der Waals surface area contributed by atoms with Gasteiger partial charge in [0.2, 0.25) is 6.29 Å². The van der Waals surface area contributed by atoms with E-state index >= 15 is 0 Å². The maximum Gasteiger partial charge on any atom is 0.313 e. The molecule has 1 fully saturated rings. The largest absolute Gasteiger partial charge is 0.469 e. The van der Waals surface area contributed by atoms with Crippen LogP contribution in [0, 0.1) is 10.8 Å². The second-order valence-electron chi connectivity index (χ2n) is 6.67. The minimum atomic E-state index is -0.764. The van der Waals surface area contributed by atoms with Crippen LogP contribution in [0.2, 0.25) is 0 Å². The van der Waals surface area contributed by atoms with E-state index in [1.807, 2.05) is 13.8 Å². The van der Waals surface area contributed by atoms with Gasteiger partial charge >= 0.3 is 11.9 Å². The molecule has 0 aromatic rings. The van der Waals surface area contributed by atoms with Gasteiger partial charge in [-0.1, -0.05) is 6.92 Å². The van der Waals surface area contributed by atoms with Gasteiger partial charge in [0.25, 0.3) is 0 Å². The molecule has 2 unspecified atom stereocenters. The van der Waals surface area contributed by atoms with Crippen LogP contribution in [0.25, 0.3) is 0 Å². The summed E-state index contributed by atoms with van der Waals surface area (Å²) in [4.78, 5) is 24.3. The van der Waals surface area contributed by atoms with Crippen LogP contribution in [0.5, 0.6) is 0 Å². The lowest BCUT2D eigenvalue weighted by Gasteiger charge is -2.34. The van der Waals surface area contributed by atoms with Crippen LogP contribution in [-0.4, -0.2) is 31.9 Å². The molecule has 1 rings (SSSR count). The van der Waals surface area contributed by atoms with E-state index < -0.39 is 17.1 Å². The molecule has 0 aliphatic carbocycles. The van der Waals surface area contributed by atoms with Crippen LogP contribution in [0.3, 0.4) is 0 Å². The van der Waals surface area contributed by atoms with Crippen molar-refractivity contribution in [3.63, 3.8) is 0 Å². The van der Waals surface area contributed by atoms with Crippen molar-refractivity contribution in [2.45, 2.75) is 66.1 Å². The van der Waals surface area contributed by atoms with Gasteiger partial charge in [-0.05, 0) is 46.5 Å². The molecule has 122 valence electrons. The zero-order valence-corrected chi connectivity index (χ0v) is 13.9. The molecule has 0 radical (unpaired) electrons. The monoisotopic (exact) mass is 300 g/mol. The van der Waals surface area contributed by atoms with Crippen molar-refractivity contribution in [3.8, 4) is 0 Å². The van der Waals surface area contributed by atoms with Crippen LogP contribution in [0.15, 0.2) is 0 Å². The van der Waals surface area contributed by atoms with Crippen molar-refractivity contribution in [2.24, 2.45) is 10.8 Å². The molecule has 5 heteroatoms. The topological polar surface area (TPSA) is 61.8 Å². The lowest BCUT2D eigenvalue weighted by Crippen LogP contribution is -2.40. The average Bonchev–Trinajstić information content (AvgIpc) is 2.46. The molecule has 0 saturated carbocycles. The summed E-state index contributed by atoms with van der Waals surface area (Å²) in [6, 6.07) is 0. The SMILES string of the molecule is CCC(C)(CC(C)(C)C(=O)OC1CCCCO1)C(=O)OC. The summed E-state index contributed by atoms with van der Waals surface area (Å²) in [7, 11) is 1.37. The third-order valence-electron chi connectivity index (χ3n) is 4.22. The van der Waals surface area contributed by atoms with Crippen molar-refractivity contribution in [1.29, 1.82) is 0 Å². The molecule has 0 aromatic carbocycles. The molecule has 1 heterocycles. The van der Waals surface area contributed by atoms with E-state index in [4.69, 9.17) is 14.2 Å². The summed E-state index contributed by atoms with van der Waals surface area (Å²) in [5.74, 6) is -0.613. The second-order valence-corrected chi connectivity index (χ2v) is 6.67. The van der Waals surface area contributed by atoms with E-state index in [0.717, 1.165) is 19.3 Å². The first-order valence-electron chi connectivity index (χ1n) is 7.66. The van der Waals surface area contributed by atoms with Crippen LogP contribution >= 0.6 is 0 Å². The van der Waals surface area contributed by atoms with Crippen LogP contribution in [0.1, 0.15) is 59.8 Å². The zero-order chi connectivity index (χ0) is 16.1. The Labute approximate surface area is 127 Å². The molecule has 21 heavy (non-hydrogen) atoms. The molecule has 0 N–H and O–H groups in total. The van der Waals surface area contributed by atoms with Gasteiger partial charge in [0.05, 0.1) is 24.5 Å². The number of rotatable bonds is 6. The summed E-state index contributed by atoms with van der Waals surface area (Å²) >= 11 is 0. The predicted molar refractivity (Wildman–Crippen MR) is 78.5 cm³/mol. The first kappa shape index (κ1) is 18.0. The summed E-state index contributed by atoms with van der Waals surface area (Å²) in [5, 5.41) is 0. The number of carbonyl (C=O) groups excluding carboxylic acids is 2. The van der Waals surface area contributed by atoms with Gasteiger partial charge in [-0.25, -0.2) is 0 Å². The van der Waals surface area contributed by atoms with Crippen LogP contribution in [0.4, 0.5) is 0 Å². The number of methoxy groups -OCH3 is 1. The smallest absolute Gasteiger partial charge is 0.313 e. The fourth-order valence-electron chi connectivity index (χ4n) is 2.72. The minimum absolute atomic E-state index is 0.292. The Morgan fingerprint density at radius 3 is 2.33 bits per heavy atom. The van der Waals surface area contributed by atoms with Crippen molar-refractivity contribution in [1.82, 2.24) is 0 Å². The third-order valence-corrected chi connectivity index (χ3v) is 4.22. The standard InChI is InChI=1S/C16H28O5/c1-6-16(4,14(18)19-5)11-15(2,3)13(17)21-12-9-7-8-10-20-12/h12H,6-11H2,1-5H3. The van der Waals surface area contributed by atoms with E-state index in [1.54, 1.807) is 13.8 Å². The van der Waals surface area contributed by atoms with E-state index in [1.165, 1.54) is 7.11 Å². The Morgan fingerprint density at radius 2 is 1.86 bits per heavy atom. The van der Waals surface area contributed by atoms with Gasteiger partial charge in [-0.3, -0.25) is 9.59 Å². The Bertz CT molecular complexity index is 371. The highest BCUT2D eigenvalue weighted by Crippen LogP contribution is 2.38. The lowest BCUT2D eigenvalue weighted by atomic mass is 9.72. The number of ether oxygens (including phenoxy) is 3. The van der Waals surface area contributed by atoms with Crippen molar-refractivity contribution in [2.75, 3.05) is 13.7 Å². The fourth-order valence-corrected chi connectivity index (χ4v) is 2.72. The Hall–Kier alpha value is -1.10. The normalized spacial score (nSPS) is 22.2. The summed E-state index contributed by atoms with van der Waals surface area (Å²) < 4.78 is 15.7. The highest BCUT2D eigenvalue weighted by molar-refractivity contribution is 5.80. The van der Waals surface area contributed by atoms with Gasteiger partial charge in [0.1, 0.15) is 0 Å². The number of hydrogen-bond acceptors (Lipinski definition) is 5. The van der Waals surface area contributed by atoms with Gasteiger partial charge in [0.15, 0.2) is 0 Å². The minimum Gasteiger partial charge on any atom is -0.469 e. The fraction of sp³-hybridized carbons (Fsp3) is 0.875. The molecule has 2 atom stereocenters. The number of hydrogen-bond donors (Lipinski definition) is 0. The maximum absolute atomic E-state index is 12.4. The highest BCUT2D eigenvalue weighted by atomic mass is 16.7. The Balaban J connectivity index is 2.69. The summed E-state index contributed by atoms with van der Waals surface area (Å²) in [6.45, 7) is 7.98. The number of carbonyl (C=O) groups is 2.